The predicted octanol–water partition coefficient (Wildman–Crippen LogP) is 3.23. The minimum absolute atomic E-state index is 0.0557. The Balaban J connectivity index is 2.28. The van der Waals surface area contributed by atoms with Crippen molar-refractivity contribution >= 4 is 22.5 Å². The van der Waals surface area contributed by atoms with Crippen molar-refractivity contribution in [1.29, 1.82) is 0 Å². The van der Waals surface area contributed by atoms with E-state index in [1.807, 2.05) is 0 Å². The van der Waals surface area contributed by atoms with E-state index in [0.29, 0.717) is 10.9 Å². The molecule has 6 heteroatoms. The highest BCUT2D eigenvalue weighted by atomic mass is 35.5. The van der Waals surface area contributed by atoms with Crippen LogP contribution < -0.4 is 0 Å². The standard InChI is InChI=1S/C13H8ClFN2O2/c14-13-9-5-7(18)1-3-11(9)16-17(13)12-4-2-8(19)6-10(12)15/h1-6,18-19H. The van der Waals surface area contributed by atoms with Crippen molar-refractivity contribution in [2.75, 3.05) is 0 Å². The van der Waals surface area contributed by atoms with E-state index < -0.39 is 5.82 Å². The van der Waals surface area contributed by atoms with Crippen molar-refractivity contribution in [3.63, 3.8) is 0 Å². The van der Waals surface area contributed by atoms with Crippen LogP contribution in [-0.2, 0) is 0 Å². The Bertz CT molecular complexity index is 786. The fourth-order valence-electron chi connectivity index (χ4n) is 1.87. The van der Waals surface area contributed by atoms with Crippen LogP contribution in [0.5, 0.6) is 11.5 Å². The second-order valence-corrected chi connectivity index (χ2v) is 4.40. The predicted molar refractivity (Wildman–Crippen MR) is 69.4 cm³/mol. The first-order valence-corrected chi connectivity index (χ1v) is 5.80. The molecule has 0 atom stereocenters. The zero-order valence-corrected chi connectivity index (χ0v) is 10.3. The fraction of sp³-hybridized carbons (Fsp3) is 0. The zero-order valence-electron chi connectivity index (χ0n) is 9.51. The monoisotopic (exact) mass is 278 g/mol. The minimum Gasteiger partial charge on any atom is -0.508 e. The molecule has 2 N–H and O–H groups in total. The fourth-order valence-corrected chi connectivity index (χ4v) is 2.15. The van der Waals surface area contributed by atoms with Gasteiger partial charge in [-0.15, -0.1) is 0 Å². The topological polar surface area (TPSA) is 58.3 Å². The average Bonchev–Trinajstić information content (AvgIpc) is 2.67. The van der Waals surface area contributed by atoms with Crippen LogP contribution in [0.1, 0.15) is 0 Å². The van der Waals surface area contributed by atoms with Gasteiger partial charge in [0.25, 0.3) is 0 Å². The van der Waals surface area contributed by atoms with Gasteiger partial charge in [0, 0.05) is 11.5 Å². The number of fused-ring (bicyclic) bond motifs is 1. The van der Waals surface area contributed by atoms with Crippen molar-refractivity contribution in [2.24, 2.45) is 0 Å². The molecule has 0 aliphatic rings. The van der Waals surface area contributed by atoms with E-state index in [0.717, 1.165) is 6.07 Å². The number of halogens is 2. The number of hydrogen-bond donors (Lipinski definition) is 2. The molecular formula is C13H8ClFN2O2. The first-order chi connectivity index (χ1) is 9.06. The Morgan fingerprint density at radius 1 is 1.05 bits per heavy atom. The van der Waals surface area contributed by atoms with Gasteiger partial charge in [0.2, 0.25) is 0 Å². The lowest BCUT2D eigenvalue weighted by molar-refractivity contribution is 0.468. The Morgan fingerprint density at radius 3 is 2.47 bits per heavy atom. The van der Waals surface area contributed by atoms with Crippen LogP contribution >= 0.6 is 11.6 Å². The van der Waals surface area contributed by atoms with Crippen LogP contribution in [-0.4, -0.2) is 20.0 Å². The molecule has 2 aromatic carbocycles. The van der Waals surface area contributed by atoms with Crippen LogP contribution in [0, 0.1) is 5.82 Å². The average molecular weight is 279 g/mol. The number of hydrogen-bond acceptors (Lipinski definition) is 3. The van der Waals surface area contributed by atoms with E-state index in [-0.39, 0.29) is 22.3 Å². The highest BCUT2D eigenvalue weighted by Crippen LogP contribution is 2.30. The molecule has 0 aliphatic carbocycles. The number of rotatable bonds is 1. The van der Waals surface area contributed by atoms with Crippen LogP contribution in [0.25, 0.3) is 16.6 Å². The van der Waals surface area contributed by atoms with E-state index in [1.54, 1.807) is 6.07 Å². The molecular weight excluding hydrogens is 271 g/mol. The van der Waals surface area contributed by atoms with E-state index in [4.69, 9.17) is 11.6 Å². The molecule has 96 valence electrons. The maximum Gasteiger partial charge on any atom is 0.152 e. The number of phenols is 2. The number of nitrogens with zero attached hydrogens (tertiary/aromatic N) is 2. The first kappa shape index (κ1) is 11.8. The van der Waals surface area contributed by atoms with Crippen LogP contribution in [0.2, 0.25) is 5.15 Å². The quantitative estimate of drug-likeness (QED) is 0.718. The zero-order chi connectivity index (χ0) is 13.6. The molecule has 19 heavy (non-hydrogen) atoms. The molecule has 0 radical (unpaired) electrons. The summed E-state index contributed by atoms with van der Waals surface area (Å²) in [5.74, 6) is -0.759. The van der Waals surface area contributed by atoms with E-state index >= 15 is 0 Å². The highest BCUT2D eigenvalue weighted by molar-refractivity contribution is 6.34. The number of aromatic hydroxyl groups is 2. The molecule has 0 saturated heterocycles. The van der Waals surface area contributed by atoms with Crippen molar-refractivity contribution < 1.29 is 14.6 Å². The number of phenolic OH excluding ortho intramolecular Hbond substituents is 2. The summed E-state index contributed by atoms with van der Waals surface area (Å²) in [7, 11) is 0. The summed E-state index contributed by atoms with van der Waals surface area (Å²) in [4.78, 5) is 0. The Morgan fingerprint density at radius 2 is 1.74 bits per heavy atom. The van der Waals surface area contributed by atoms with Crippen LogP contribution in [0.3, 0.4) is 0 Å². The molecule has 0 saturated carbocycles. The van der Waals surface area contributed by atoms with Crippen molar-refractivity contribution in [3.8, 4) is 17.2 Å². The summed E-state index contributed by atoms with van der Waals surface area (Å²) in [6, 6.07) is 8.23. The number of benzene rings is 2. The molecule has 4 nitrogen and oxygen atoms in total. The van der Waals surface area contributed by atoms with Gasteiger partial charge >= 0.3 is 0 Å². The summed E-state index contributed by atoms with van der Waals surface area (Å²) in [5, 5.41) is 23.5. The van der Waals surface area contributed by atoms with E-state index in [2.05, 4.69) is 5.10 Å². The second kappa shape index (κ2) is 4.13. The highest BCUT2D eigenvalue weighted by Gasteiger charge is 2.14. The third-order valence-corrected chi connectivity index (χ3v) is 3.12. The van der Waals surface area contributed by atoms with Gasteiger partial charge in [-0.25, -0.2) is 9.07 Å². The summed E-state index contributed by atoms with van der Waals surface area (Å²) in [5.41, 5.74) is 0.661. The third-order valence-electron chi connectivity index (χ3n) is 2.76. The minimum atomic E-state index is -0.640. The maximum atomic E-state index is 13.8. The number of aromatic nitrogens is 2. The van der Waals surface area contributed by atoms with Crippen LogP contribution in [0.15, 0.2) is 36.4 Å². The molecule has 3 rings (SSSR count). The smallest absolute Gasteiger partial charge is 0.152 e. The Kier molecular flexibility index (Phi) is 2.57. The molecule has 3 aromatic rings. The van der Waals surface area contributed by atoms with Gasteiger partial charge in [-0.2, -0.15) is 5.10 Å². The lowest BCUT2D eigenvalue weighted by Crippen LogP contribution is -1.99. The molecule has 0 bridgehead atoms. The largest absolute Gasteiger partial charge is 0.508 e. The van der Waals surface area contributed by atoms with Gasteiger partial charge in [0.15, 0.2) is 5.82 Å². The lowest BCUT2D eigenvalue weighted by Gasteiger charge is -2.04. The van der Waals surface area contributed by atoms with E-state index in [1.165, 1.54) is 28.9 Å². The summed E-state index contributed by atoms with van der Waals surface area (Å²) < 4.78 is 15.0. The molecule has 0 unspecified atom stereocenters. The molecule has 0 amide bonds. The molecule has 0 spiro atoms. The van der Waals surface area contributed by atoms with E-state index in [9.17, 15) is 14.6 Å². The van der Waals surface area contributed by atoms with Crippen molar-refractivity contribution in [2.45, 2.75) is 0 Å². The van der Waals surface area contributed by atoms with Gasteiger partial charge in [0.1, 0.15) is 22.3 Å². The van der Waals surface area contributed by atoms with Gasteiger partial charge in [-0.05, 0) is 30.3 Å². The SMILES string of the molecule is Oc1ccc(-n2nc3ccc(O)cc3c2Cl)c(F)c1. The van der Waals surface area contributed by atoms with Crippen molar-refractivity contribution in [3.05, 3.63) is 47.4 Å². The lowest BCUT2D eigenvalue weighted by atomic mass is 10.2. The van der Waals surface area contributed by atoms with Crippen LogP contribution in [0.4, 0.5) is 4.39 Å². The Hall–Kier alpha value is -2.27. The molecule has 0 fully saturated rings. The maximum absolute atomic E-state index is 13.8. The van der Waals surface area contributed by atoms with Gasteiger partial charge < -0.3 is 10.2 Å². The van der Waals surface area contributed by atoms with Crippen molar-refractivity contribution in [1.82, 2.24) is 9.78 Å². The summed E-state index contributed by atoms with van der Waals surface area (Å²) >= 11 is 6.14. The Labute approximate surface area is 112 Å². The van der Waals surface area contributed by atoms with Gasteiger partial charge in [-0.3, -0.25) is 0 Å². The molecule has 1 aromatic heterocycles. The molecule has 0 aliphatic heterocycles. The van der Waals surface area contributed by atoms with Gasteiger partial charge in [0.05, 0.1) is 5.52 Å². The normalized spacial score (nSPS) is 11.1. The van der Waals surface area contributed by atoms with Gasteiger partial charge in [-0.1, -0.05) is 11.6 Å². The molecule has 1 heterocycles. The third kappa shape index (κ3) is 1.88. The first-order valence-electron chi connectivity index (χ1n) is 5.42. The summed E-state index contributed by atoms with van der Waals surface area (Å²) in [6.45, 7) is 0. The summed E-state index contributed by atoms with van der Waals surface area (Å²) in [6.07, 6.45) is 0. The second-order valence-electron chi connectivity index (χ2n) is 4.04.